The smallest absolute Gasteiger partial charge is 0.0352 e. The van der Waals surface area contributed by atoms with E-state index in [0.29, 0.717) is 0 Å². The molecular formula is C12H19N. The molecule has 0 bridgehead atoms. The molecule has 1 aromatic carbocycles. The van der Waals surface area contributed by atoms with E-state index < -0.39 is 0 Å². The molecule has 0 radical (unpaired) electrons. The van der Waals surface area contributed by atoms with Crippen LogP contribution in [0.5, 0.6) is 0 Å². The van der Waals surface area contributed by atoms with Crippen LogP contribution in [-0.2, 0) is 5.41 Å². The molecule has 0 aliphatic carbocycles. The summed E-state index contributed by atoms with van der Waals surface area (Å²) in [4.78, 5) is 0. The van der Waals surface area contributed by atoms with Gasteiger partial charge < -0.3 is 5.73 Å². The van der Waals surface area contributed by atoms with E-state index in [-0.39, 0.29) is 5.41 Å². The lowest BCUT2D eigenvalue weighted by Crippen LogP contribution is -2.18. The molecule has 0 unspecified atom stereocenters. The summed E-state index contributed by atoms with van der Waals surface area (Å²) in [5.74, 6) is 0. The molecule has 0 aliphatic rings. The van der Waals surface area contributed by atoms with Crippen LogP contribution in [0.1, 0.15) is 39.2 Å². The minimum Gasteiger partial charge on any atom is -0.398 e. The molecule has 1 aromatic rings. The lowest BCUT2D eigenvalue weighted by atomic mass is 9.80. The lowest BCUT2D eigenvalue weighted by Gasteiger charge is -2.26. The molecule has 2 N–H and O–H groups in total. The molecular weight excluding hydrogens is 158 g/mol. The van der Waals surface area contributed by atoms with Crippen molar-refractivity contribution in [3.05, 3.63) is 29.8 Å². The largest absolute Gasteiger partial charge is 0.398 e. The van der Waals surface area contributed by atoms with Crippen molar-refractivity contribution in [1.29, 1.82) is 0 Å². The highest BCUT2D eigenvalue weighted by Gasteiger charge is 2.20. The zero-order valence-electron chi connectivity index (χ0n) is 8.80. The number of para-hydroxylation sites is 1. The summed E-state index contributed by atoms with van der Waals surface area (Å²) in [7, 11) is 0. The van der Waals surface area contributed by atoms with Crippen LogP contribution in [0.25, 0.3) is 0 Å². The number of benzene rings is 1. The Bertz CT molecular complexity index is 276. The maximum atomic E-state index is 5.94. The number of rotatable bonds is 3. The van der Waals surface area contributed by atoms with Gasteiger partial charge in [0.05, 0.1) is 0 Å². The molecule has 1 rings (SSSR count). The van der Waals surface area contributed by atoms with Crippen molar-refractivity contribution in [1.82, 2.24) is 0 Å². The predicted octanol–water partition coefficient (Wildman–Crippen LogP) is 3.35. The van der Waals surface area contributed by atoms with Crippen molar-refractivity contribution in [3.8, 4) is 0 Å². The first-order valence-electron chi connectivity index (χ1n) is 4.93. The van der Waals surface area contributed by atoms with Crippen LogP contribution in [0.4, 0.5) is 5.69 Å². The average Bonchev–Trinajstić information content (AvgIpc) is 2.04. The fourth-order valence-corrected chi connectivity index (χ4v) is 1.87. The Morgan fingerprint density at radius 1 is 1.23 bits per heavy atom. The average molecular weight is 177 g/mol. The van der Waals surface area contributed by atoms with Gasteiger partial charge in [-0.3, -0.25) is 0 Å². The van der Waals surface area contributed by atoms with Crippen LogP contribution in [0.2, 0.25) is 0 Å². The van der Waals surface area contributed by atoms with E-state index in [1.807, 2.05) is 12.1 Å². The summed E-state index contributed by atoms with van der Waals surface area (Å²) in [6.07, 6.45) is 2.38. The summed E-state index contributed by atoms with van der Waals surface area (Å²) >= 11 is 0. The van der Waals surface area contributed by atoms with Gasteiger partial charge in [-0.1, -0.05) is 45.4 Å². The second-order valence-corrected chi connectivity index (χ2v) is 4.22. The molecule has 0 aliphatic heterocycles. The molecule has 0 spiro atoms. The molecule has 0 saturated carbocycles. The van der Waals surface area contributed by atoms with Crippen LogP contribution >= 0.6 is 0 Å². The third-order valence-corrected chi connectivity index (χ3v) is 2.56. The van der Waals surface area contributed by atoms with E-state index in [2.05, 4.69) is 32.9 Å². The van der Waals surface area contributed by atoms with Crippen molar-refractivity contribution in [2.24, 2.45) is 0 Å². The first-order valence-corrected chi connectivity index (χ1v) is 4.93. The second kappa shape index (κ2) is 3.82. The van der Waals surface area contributed by atoms with E-state index in [9.17, 15) is 0 Å². The highest BCUT2D eigenvalue weighted by molar-refractivity contribution is 5.50. The molecule has 0 amide bonds. The highest BCUT2D eigenvalue weighted by atomic mass is 14.6. The number of nitrogens with two attached hydrogens (primary N) is 1. The van der Waals surface area contributed by atoms with Gasteiger partial charge in [0.2, 0.25) is 0 Å². The maximum absolute atomic E-state index is 5.94. The lowest BCUT2D eigenvalue weighted by molar-refractivity contribution is 0.475. The van der Waals surface area contributed by atoms with E-state index in [4.69, 9.17) is 5.73 Å². The molecule has 0 atom stereocenters. The Morgan fingerprint density at radius 3 is 2.38 bits per heavy atom. The Kier molecular flexibility index (Phi) is 2.97. The normalized spacial score (nSPS) is 11.6. The Morgan fingerprint density at radius 2 is 1.85 bits per heavy atom. The zero-order chi connectivity index (χ0) is 9.90. The molecule has 0 heterocycles. The first kappa shape index (κ1) is 10.1. The third-order valence-electron chi connectivity index (χ3n) is 2.56. The van der Waals surface area contributed by atoms with Crippen molar-refractivity contribution in [2.45, 2.75) is 39.0 Å². The van der Waals surface area contributed by atoms with Crippen LogP contribution in [0.3, 0.4) is 0 Å². The summed E-state index contributed by atoms with van der Waals surface area (Å²) < 4.78 is 0. The standard InChI is InChI=1S/C12H19N/c1-4-9-12(2,3)10-7-5-6-8-11(10)13/h5-8H,4,9,13H2,1-3H3. The van der Waals surface area contributed by atoms with E-state index >= 15 is 0 Å². The van der Waals surface area contributed by atoms with Crippen LogP contribution < -0.4 is 5.73 Å². The maximum Gasteiger partial charge on any atom is 0.0352 e. The minimum atomic E-state index is 0.208. The van der Waals surface area contributed by atoms with Gasteiger partial charge in [0.15, 0.2) is 0 Å². The Hall–Kier alpha value is -0.980. The monoisotopic (exact) mass is 177 g/mol. The first-order chi connectivity index (χ1) is 6.08. The molecule has 1 heteroatoms. The fraction of sp³-hybridized carbons (Fsp3) is 0.500. The van der Waals surface area contributed by atoms with Gasteiger partial charge in [-0.05, 0) is 23.5 Å². The van der Waals surface area contributed by atoms with Crippen molar-refractivity contribution in [3.63, 3.8) is 0 Å². The molecule has 72 valence electrons. The Balaban J connectivity index is 2.99. The number of hydrogen-bond acceptors (Lipinski definition) is 1. The molecule has 1 nitrogen and oxygen atoms in total. The van der Waals surface area contributed by atoms with Crippen LogP contribution in [0.15, 0.2) is 24.3 Å². The molecule has 13 heavy (non-hydrogen) atoms. The Labute approximate surface area is 81.0 Å². The highest BCUT2D eigenvalue weighted by Crippen LogP contribution is 2.31. The predicted molar refractivity (Wildman–Crippen MR) is 58.8 cm³/mol. The van der Waals surface area contributed by atoms with Crippen LogP contribution in [-0.4, -0.2) is 0 Å². The van der Waals surface area contributed by atoms with Crippen molar-refractivity contribution >= 4 is 5.69 Å². The number of hydrogen-bond donors (Lipinski definition) is 1. The SMILES string of the molecule is CCCC(C)(C)c1ccccc1N. The molecule has 0 fully saturated rings. The van der Waals surface area contributed by atoms with Gasteiger partial charge in [-0.15, -0.1) is 0 Å². The van der Waals surface area contributed by atoms with Gasteiger partial charge in [0, 0.05) is 5.69 Å². The van der Waals surface area contributed by atoms with E-state index in [0.717, 1.165) is 5.69 Å². The minimum absolute atomic E-state index is 0.208. The van der Waals surface area contributed by atoms with Crippen molar-refractivity contribution in [2.75, 3.05) is 5.73 Å². The van der Waals surface area contributed by atoms with Crippen molar-refractivity contribution < 1.29 is 0 Å². The van der Waals surface area contributed by atoms with Crippen LogP contribution in [0, 0.1) is 0 Å². The summed E-state index contributed by atoms with van der Waals surface area (Å²) in [5.41, 5.74) is 8.34. The summed E-state index contributed by atoms with van der Waals surface area (Å²) in [6.45, 7) is 6.71. The number of nitrogen functional groups attached to an aromatic ring is 1. The van der Waals surface area contributed by atoms with Gasteiger partial charge in [0.25, 0.3) is 0 Å². The number of anilines is 1. The van der Waals surface area contributed by atoms with Gasteiger partial charge in [-0.25, -0.2) is 0 Å². The van der Waals surface area contributed by atoms with Gasteiger partial charge >= 0.3 is 0 Å². The van der Waals surface area contributed by atoms with Gasteiger partial charge in [0.1, 0.15) is 0 Å². The zero-order valence-corrected chi connectivity index (χ0v) is 8.80. The molecule has 0 aromatic heterocycles. The fourth-order valence-electron chi connectivity index (χ4n) is 1.87. The molecule has 0 saturated heterocycles. The topological polar surface area (TPSA) is 26.0 Å². The second-order valence-electron chi connectivity index (χ2n) is 4.22. The van der Waals surface area contributed by atoms with E-state index in [1.165, 1.54) is 18.4 Å². The summed E-state index contributed by atoms with van der Waals surface area (Å²) in [5, 5.41) is 0. The van der Waals surface area contributed by atoms with Gasteiger partial charge in [-0.2, -0.15) is 0 Å². The summed E-state index contributed by atoms with van der Waals surface area (Å²) in [6, 6.07) is 8.15. The quantitative estimate of drug-likeness (QED) is 0.704. The van der Waals surface area contributed by atoms with E-state index in [1.54, 1.807) is 0 Å². The third kappa shape index (κ3) is 2.24.